The van der Waals surface area contributed by atoms with E-state index in [4.69, 9.17) is 10.5 Å². The maximum absolute atomic E-state index is 5.58. The van der Waals surface area contributed by atoms with Gasteiger partial charge in [-0.25, -0.2) is 0 Å². The molecule has 3 nitrogen and oxygen atoms in total. The normalized spacial score (nSPS) is 12.5. The molecule has 18 heavy (non-hydrogen) atoms. The van der Waals surface area contributed by atoms with E-state index in [-0.39, 0.29) is 0 Å². The molecule has 0 fully saturated rings. The molecule has 1 aromatic rings. The van der Waals surface area contributed by atoms with Crippen LogP contribution >= 0.6 is 0 Å². The second-order valence-electron chi connectivity index (χ2n) is 5.00. The lowest BCUT2D eigenvalue weighted by molar-refractivity contribution is 0.182. The van der Waals surface area contributed by atoms with Crippen molar-refractivity contribution in [3.8, 4) is 0 Å². The van der Waals surface area contributed by atoms with Crippen molar-refractivity contribution < 1.29 is 4.74 Å². The molecule has 1 aromatic carbocycles. The van der Waals surface area contributed by atoms with Crippen LogP contribution in [0.3, 0.4) is 0 Å². The van der Waals surface area contributed by atoms with Gasteiger partial charge >= 0.3 is 0 Å². The number of ether oxygens (including phenoxy) is 1. The third-order valence-electron chi connectivity index (χ3n) is 3.15. The van der Waals surface area contributed by atoms with Gasteiger partial charge in [0.05, 0.1) is 6.61 Å². The number of nitrogens with one attached hydrogen (secondary N) is 1. The first-order valence-corrected chi connectivity index (χ1v) is 6.62. The van der Waals surface area contributed by atoms with Crippen LogP contribution in [0.15, 0.2) is 12.1 Å². The van der Waals surface area contributed by atoms with Crippen molar-refractivity contribution in [3.05, 3.63) is 28.8 Å². The van der Waals surface area contributed by atoms with E-state index in [2.05, 4.69) is 38.2 Å². The molecule has 0 heterocycles. The first kappa shape index (κ1) is 15.0. The Kier molecular flexibility index (Phi) is 6.16. The zero-order valence-electron chi connectivity index (χ0n) is 12.0. The summed E-state index contributed by atoms with van der Waals surface area (Å²) >= 11 is 0. The van der Waals surface area contributed by atoms with E-state index >= 15 is 0 Å². The van der Waals surface area contributed by atoms with Crippen LogP contribution in [-0.2, 0) is 4.74 Å². The molecule has 1 atom stereocenters. The molecular weight excluding hydrogens is 224 g/mol. The topological polar surface area (TPSA) is 47.3 Å². The lowest BCUT2D eigenvalue weighted by Crippen LogP contribution is -2.26. The standard InChI is InChI=1S/C15H26N2O/c1-11-8-12(2)15(13(3)9-11)17-14(10-18-4)6-5-7-16/h8-9,14,17H,5-7,10,16H2,1-4H3. The van der Waals surface area contributed by atoms with Crippen molar-refractivity contribution in [2.45, 2.75) is 39.7 Å². The number of methoxy groups -OCH3 is 1. The Labute approximate surface area is 111 Å². The van der Waals surface area contributed by atoms with Crippen LogP contribution in [0.25, 0.3) is 0 Å². The highest BCUT2D eigenvalue weighted by Gasteiger charge is 2.11. The third-order valence-corrected chi connectivity index (χ3v) is 3.15. The van der Waals surface area contributed by atoms with E-state index in [0.29, 0.717) is 12.6 Å². The molecule has 0 aliphatic heterocycles. The molecule has 0 radical (unpaired) electrons. The van der Waals surface area contributed by atoms with Gasteiger partial charge in [-0.2, -0.15) is 0 Å². The number of hydrogen-bond acceptors (Lipinski definition) is 3. The van der Waals surface area contributed by atoms with Crippen molar-refractivity contribution in [2.75, 3.05) is 25.6 Å². The fraction of sp³-hybridized carbons (Fsp3) is 0.600. The van der Waals surface area contributed by atoms with Gasteiger partial charge in [-0.1, -0.05) is 17.7 Å². The van der Waals surface area contributed by atoms with Crippen molar-refractivity contribution in [1.82, 2.24) is 0 Å². The van der Waals surface area contributed by atoms with Gasteiger partial charge in [0.1, 0.15) is 0 Å². The summed E-state index contributed by atoms with van der Waals surface area (Å²) in [5, 5.41) is 3.60. The highest BCUT2D eigenvalue weighted by Crippen LogP contribution is 2.23. The smallest absolute Gasteiger partial charge is 0.0664 e. The summed E-state index contributed by atoms with van der Waals surface area (Å²) in [5.41, 5.74) is 10.7. The summed E-state index contributed by atoms with van der Waals surface area (Å²) in [6.45, 7) is 7.87. The van der Waals surface area contributed by atoms with Crippen LogP contribution in [0.1, 0.15) is 29.5 Å². The summed E-state index contributed by atoms with van der Waals surface area (Å²) in [4.78, 5) is 0. The number of benzene rings is 1. The number of anilines is 1. The Balaban J connectivity index is 2.79. The molecule has 1 rings (SSSR count). The summed E-state index contributed by atoms with van der Waals surface area (Å²) in [6.07, 6.45) is 2.06. The van der Waals surface area contributed by atoms with Crippen LogP contribution in [0.4, 0.5) is 5.69 Å². The van der Waals surface area contributed by atoms with Crippen LogP contribution < -0.4 is 11.1 Å². The van der Waals surface area contributed by atoms with Gasteiger partial charge in [-0.15, -0.1) is 0 Å². The predicted molar refractivity (Wildman–Crippen MR) is 78.2 cm³/mol. The fourth-order valence-electron chi connectivity index (χ4n) is 2.37. The molecule has 1 unspecified atom stereocenters. The molecule has 0 amide bonds. The Morgan fingerprint density at radius 2 is 1.83 bits per heavy atom. The van der Waals surface area contributed by atoms with Gasteiger partial charge < -0.3 is 15.8 Å². The Hall–Kier alpha value is -1.06. The highest BCUT2D eigenvalue weighted by molar-refractivity contribution is 5.58. The predicted octanol–water partition coefficient (Wildman–Crippen LogP) is 2.78. The minimum Gasteiger partial charge on any atom is -0.383 e. The number of rotatable bonds is 7. The summed E-state index contributed by atoms with van der Waals surface area (Å²) < 4.78 is 5.27. The Bertz CT molecular complexity index is 354. The molecule has 0 aliphatic carbocycles. The van der Waals surface area contributed by atoms with Crippen molar-refractivity contribution in [2.24, 2.45) is 5.73 Å². The lowest BCUT2D eigenvalue weighted by atomic mass is 10.0. The average molecular weight is 250 g/mol. The largest absolute Gasteiger partial charge is 0.383 e. The quantitative estimate of drug-likeness (QED) is 0.782. The van der Waals surface area contributed by atoms with E-state index in [1.807, 2.05) is 0 Å². The van der Waals surface area contributed by atoms with Crippen LogP contribution in [0.2, 0.25) is 0 Å². The number of aryl methyl sites for hydroxylation is 3. The molecule has 3 N–H and O–H groups in total. The average Bonchev–Trinajstić information content (AvgIpc) is 2.30. The molecule has 0 aliphatic rings. The zero-order chi connectivity index (χ0) is 13.5. The molecule has 0 saturated heterocycles. The van der Waals surface area contributed by atoms with Crippen molar-refractivity contribution in [3.63, 3.8) is 0 Å². The van der Waals surface area contributed by atoms with Crippen LogP contribution in [0.5, 0.6) is 0 Å². The minimum atomic E-state index is 0.332. The van der Waals surface area contributed by atoms with E-state index in [9.17, 15) is 0 Å². The lowest BCUT2D eigenvalue weighted by Gasteiger charge is -2.22. The monoisotopic (exact) mass is 250 g/mol. The van der Waals surface area contributed by atoms with Gasteiger partial charge in [-0.05, 0) is 51.3 Å². The summed E-state index contributed by atoms with van der Waals surface area (Å²) in [6, 6.07) is 4.75. The fourth-order valence-corrected chi connectivity index (χ4v) is 2.37. The van der Waals surface area contributed by atoms with E-state index in [0.717, 1.165) is 19.4 Å². The first-order chi connectivity index (χ1) is 8.58. The Morgan fingerprint density at radius 1 is 1.22 bits per heavy atom. The number of nitrogens with two attached hydrogens (primary N) is 1. The molecule has 0 spiro atoms. The first-order valence-electron chi connectivity index (χ1n) is 6.62. The van der Waals surface area contributed by atoms with E-state index in [1.54, 1.807) is 7.11 Å². The molecule has 0 bridgehead atoms. The Morgan fingerprint density at radius 3 is 2.33 bits per heavy atom. The van der Waals surface area contributed by atoms with Gasteiger partial charge in [0.2, 0.25) is 0 Å². The second kappa shape index (κ2) is 7.39. The van der Waals surface area contributed by atoms with Crippen molar-refractivity contribution >= 4 is 5.69 Å². The van der Waals surface area contributed by atoms with Gasteiger partial charge in [0.25, 0.3) is 0 Å². The van der Waals surface area contributed by atoms with Gasteiger partial charge in [-0.3, -0.25) is 0 Å². The van der Waals surface area contributed by atoms with E-state index < -0.39 is 0 Å². The maximum Gasteiger partial charge on any atom is 0.0664 e. The third kappa shape index (κ3) is 4.31. The van der Waals surface area contributed by atoms with Gasteiger partial charge in [0.15, 0.2) is 0 Å². The highest BCUT2D eigenvalue weighted by atomic mass is 16.5. The molecule has 0 saturated carbocycles. The minimum absolute atomic E-state index is 0.332. The number of hydrogen-bond donors (Lipinski definition) is 2. The molecular formula is C15H26N2O. The van der Waals surface area contributed by atoms with Crippen LogP contribution in [-0.4, -0.2) is 26.3 Å². The molecule has 102 valence electrons. The molecule has 3 heteroatoms. The SMILES string of the molecule is COCC(CCCN)Nc1c(C)cc(C)cc1C. The maximum atomic E-state index is 5.58. The second-order valence-corrected chi connectivity index (χ2v) is 5.00. The van der Waals surface area contributed by atoms with Crippen LogP contribution in [0, 0.1) is 20.8 Å². The van der Waals surface area contributed by atoms with Crippen molar-refractivity contribution in [1.29, 1.82) is 0 Å². The van der Waals surface area contributed by atoms with Gasteiger partial charge in [0, 0.05) is 18.8 Å². The molecule has 0 aromatic heterocycles. The summed E-state index contributed by atoms with van der Waals surface area (Å²) in [5.74, 6) is 0. The van der Waals surface area contributed by atoms with E-state index in [1.165, 1.54) is 22.4 Å². The summed E-state index contributed by atoms with van der Waals surface area (Å²) in [7, 11) is 1.74. The zero-order valence-corrected chi connectivity index (χ0v) is 12.0.